The van der Waals surface area contributed by atoms with Crippen molar-refractivity contribution in [3.8, 4) is 17.2 Å². The van der Waals surface area contributed by atoms with Gasteiger partial charge in [0.25, 0.3) is 5.91 Å². The maximum atomic E-state index is 12.1. The Bertz CT molecular complexity index is 1050. The Morgan fingerprint density at radius 3 is 2.59 bits per heavy atom. The van der Waals surface area contributed by atoms with Crippen LogP contribution in [0.1, 0.15) is 21.5 Å². The Morgan fingerprint density at radius 1 is 1.10 bits per heavy atom. The van der Waals surface area contributed by atoms with Crippen molar-refractivity contribution in [2.24, 2.45) is 5.10 Å². The van der Waals surface area contributed by atoms with E-state index >= 15 is 0 Å². The van der Waals surface area contributed by atoms with Crippen molar-refractivity contribution in [2.45, 2.75) is 6.61 Å². The van der Waals surface area contributed by atoms with E-state index < -0.39 is 5.91 Å². The number of phenols is 2. The molecule has 1 amide bonds. The van der Waals surface area contributed by atoms with Gasteiger partial charge in [-0.25, -0.2) is 5.43 Å². The monoisotopic (exact) mass is 474 g/mol. The summed E-state index contributed by atoms with van der Waals surface area (Å²) in [4.78, 5) is 12.1. The van der Waals surface area contributed by atoms with Crippen molar-refractivity contribution in [3.05, 3.63) is 86.8 Å². The molecule has 0 atom stereocenters. The Hall–Kier alpha value is -3.03. The summed E-state index contributed by atoms with van der Waals surface area (Å²) in [5.41, 5.74) is 3.98. The zero-order valence-electron chi connectivity index (χ0n) is 15.0. The number of nitrogens with zero attached hydrogens (tertiary/aromatic N) is 1. The van der Waals surface area contributed by atoms with E-state index in [0.29, 0.717) is 22.9 Å². The number of carbonyl (C=O) groups is 1. The number of amides is 1. The molecule has 3 N–H and O–H groups in total. The quantitative estimate of drug-likeness (QED) is 0.351. The third-order valence-corrected chi connectivity index (χ3v) is 4.52. The van der Waals surface area contributed by atoms with E-state index in [1.165, 1.54) is 18.3 Å². The van der Waals surface area contributed by atoms with Crippen LogP contribution in [0.2, 0.25) is 5.02 Å². The molecule has 0 fully saturated rings. The van der Waals surface area contributed by atoms with Crippen LogP contribution in [0.25, 0.3) is 0 Å². The molecule has 0 aliphatic carbocycles. The number of halogens is 2. The number of nitrogens with one attached hydrogen (secondary N) is 1. The number of ether oxygens (including phenoxy) is 1. The maximum absolute atomic E-state index is 12.1. The van der Waals surface area contributed by atoms with Crippen molar-refractivity contribution in [1.82, 2.24) is 5.43 Å². The van der Waals surface area contributed by atoms with Crippen molar-refractivity contribution in [3.63, 3.8) is 0 Å². The van der Waals surface area contributed by atoms with Crippen LogP contribution in [-0.2, 0) is 6.61 Å². The first-order valence-corrected chi connectivity index (χ1v) is 9.61. The zero-order valence-corrected chi connectivity index (χ0v) is 17.3. The van der Waals surface area contributed by atoms with E-state index in [1.807, 2.05) is 24.3 Å². The summed E-state index contributed by atoms with van der Waals surface area (Å²) in [6.45, 7) is 0.317. The molecule has 29 heavy (non-hydrogen) atoms. The van der Waals surface area contributed by atoms with Gasteiger partial charge >= 0.3 is 0 Å². The Labute approximate surface area is 180 Å². The second kappa shape index (κ2) is 9.45. The van der Waals surface area contributed by atoms with Gasteiger partial charge in [0, 0.05) is 26.7 Å². The lowest BCUT2D eigenvalue weighted by molar-refractivity contribution is 0.0954. The molecule has 0 aromatic heterocycles. The van der Waals surface area contributed by atoms with Gasteiger partial charge in [0.2, 0.25) is 0 Å². The fourth-order valence-electron chi connectivity index (χ4n) is 2.49. The van der Waals surface area contributed by atoms with Gasteiger partial charge in [0.1, 0.15) is 23.9 Å². The molecule has 3 rings (SSSR count). The minimum atomic E-state index is -0.580. The number of rotatable bonds is 6. The van der Waals surface area contributed by atoms with Crippen LogP contribution >= 0.6 is 27.5 Å². The van der Waals surface area contributed by atoms with Gasteiger partial charge < -0.3 is 14.9 Å². The highest BCUT2D eigenvalue weighted by atomic mass is 79.9. The number of hydrogen-bond acceptors (Lipinski definition) is 5. The van der Waals surface area contributed by atoms with Gasteiger partial charge in [-0.1, -0.05) is 39.7 Å². The van der Waals surface area contributed by atoms with Crippen LogP contribution < -0.4 is 10.2 Å². The van der Waals surface area contributed by atoms with Gasteiger partial charge in [-0.3, -0.25) is 4.79 Å². The first-order chi connectivity index (χ1) is 13.9. The molecule has 0 bridgehead atoms. The largest absolute Gasteiger partial charge is 0.508 e. The molecule has 3 aromatic rings. The van der Waals surface area contributed by atoms with E-state index in [4.69, 9.17) is 16.3 Å². The summed E-state index contributed by atoms with van der Waals surface area (Å²) >= 11 is 9.39. The van der Waals surface area contributed by atoms with Gasteiger partial charge in [0.15, 0.2) is 0 Å². The number of benzene rings is 3. The third-order valence-electron chi connectivity index (χ3n) is 3.79. The molecule has 0 heterocycles. The number of hydrazone groups is 1. The summed E-state index contributed by atoms with van der Waals surface area (Å²) in [6.07, 6.45) is 1.44. The molecule has 0 radical (unpaired) electrons. The molecule has 0 aliphatic heterocycles. The molecule has 148 valence electrons. The summed E-state index contributed by atoms with van der Waals surface area (Å²) in [6, 6.07) is 16.4. The highest BCUT2D eigenvalue weighted by molar-refractivity contribution is 9.10. The lowest BCUT2D eigenvalue weighted by Gasteiger charge is -2.10. The average Bonchev–Trinajstić information content (AvgIpc) is 2.66. The van der Waals surface area contributed by atoms with Crippen LogP contribution in [0.15, 0.2) is 70.2 Å². The summed E-state index contributed by atoms with van der Waals surface area (Å²) in [7, 11) is 0. The first kappa shape index (κ1) is 20.7. The lowest BCUT2D eigenvalue weighted by Crippen LogP contribution is -2.17. The smallest absolute Gasteiger partial charge is 0.271 e. The SMILES string of the molecule is O=C(N/N=C\c1cc(Br)ccc1OCc1cccc(Cl)c1)c1cc(O)cc(O)c1. The molecular weight excluding hydrogens is 460 g/mol. The van der Waals surface area contributed by atoms with E-state index in [0.717, 1.165) is 16.1 Å². The van der Waals surface area contributed by atoms with Crippen LogP contribution in [0, 0.1) is 0 Å². The normalized spacial score (nSPS) is 10.8. The topological polar surface area (TPSA) is 91.2 Å². The number of hydrogen-bond donors (Lipinski definition) is 3. The van der Waals surface area contributed by atoms with Crippen LogP contribution in [-0.4, -0.2) is 22.3 Å². The Balaban J connectivity index is 1.71. The highest BCUT2D eigenvalue weighted by Crippen LogP contribution is 2.24. The third kappa shape index (κ3) is 5.97. The molecule has 0 aliphatic rings. The van der Waals surface area contributed by atoms with Gasteiger partial charge in [-0.15, -0.1) is 0 Å². The standard InChI is InChI=1S/C21H16BrClN2O4/c22-16-4-5-20(29-12-13-2-1-3-17(23)6-13)15(7-16)11-24-25-21(28)14-8-18(26)10-19(27)9-14/h1-11,26-27H,12H2,(H,25,28)/b24-11-. The van der Waals surface area contributed by atoms with Gasteiger partial charge in [0.05, 0.1) is 6.21 Å². The summed E-state index contributed by atoms with van der Waals surface area (Å²) < 4.78 is 6.68. The molecule has 6 nitrogen and oxygen atoms in total. The molecule has 8 heteroatoms. The van der Waals surface area contributed by atoms with E-state index in [2.05, 4.69) is 26.5 Å². The second-order valence-electron chi connectivity index (χ2n) is 6.04. The minimum absolute atomic E-state index is 0.0753. The zero-order chi connectivity index (χ0) is 20.8. The van der Waals surface area contributed by atoms with Crippen molar-refractivity contribution < 1.29 is 19.7 Å². The Morgan fingerprint density at radius 2 is 1.86 bits per heavy atom. The fourth-order valence-corrected chi connectivity index (χ4v) is 3.08. The van der Waals surface area contributed by atoms with Crippen LogP contribution in [0.5, 0.6) is 17.2 Å². The van der Waals surface area contributed by atoms with Gasteiger partial charge in [-0.05, 0) is 48.0 Å². The average molecular weight is 476 g/mol. The molecule has 0 saturated heterocycles. The van der Waals surface area contributed by atoms with Crippen molar-refractivity contribution in [2.75, 3.05) is 0 Å². The van der Waals surface area contributed by atoms with Crippen LogP contribution in [0.4, 0.5) is 0 Å². The number of carbonyl (C=O) groups excluding carboxylic acids is 1. The first-order valence-electron chi connectivity index (χ1n) is 8.44. The molecule has 0 saturated carbocycles. The van der Waals surface area contributed by atoms with E-state index in [-0.39, 0.29) is 17.1 Å². The fraction of sp³-hybridized carbons (Fsp3) is 0.0476. The minimum Gasteiger partial charge on any atom is -0.508 e. The molecular formula is C21H16BrClN2O4. The van der Waals surface area contributed by atoms with Crippen molar-refractivity contribution >= 4 is 39.7 Å². The van der Waals surface area contributed by atoms with Gasteiger partial charge in [-0.2, -0.15) is 5.10 Å². The van der Waals surface area contributed by atoms with E-state index in [1.54, 1.807) is 18.2 Å². The van der Waals surface area contributed by atoms with Crippen LogP contribution in [0.3, 0.4) is 0 Å². The predicted molar refractivity (Wildman–Crippen MR) is 115 cm³/mol. The highest BCUT2D eigenvalue weighted by Gasteiger charge is 2.08. The number of phenolic OH excluding ortho intramolecular Hbond substituents is 2. The van der Waals surface area contributed by atoms with E-state index in [9.17, 15) is 15.0 Å². The Kier molecular flexibility index (Phi) is 6.74. The summed E-state index contributed by atoms with van der Waals surface area (Å²) in [5, 5.41) is 23.5. The summed E-state index contributed by atoms with van der Waals surface area (Å²) in [5.74, 6) is -0.448. The molecule has 3 aromatic carbocycles. The molecule has 0 unspecified atom stereocenters. The number of aromatic hydroxyl groups is 2. The second-order valence-corrected chi connectivity index (χ2v) is 7.39. The lowest BCUT2D eigenvalue weighted by atomic mass is 10.2. The maximum Gasteiger partial charge on any atom is 0.271 e. The predicted octanol–water partition coefficient (Wildman–Crippen LogP) is 4.86. The van der Waals surface area contributed by atoms with Crippen molar-refractivity contribution in [1.29, 1.82) is 0 Å². The molecule has 0 spiro atoms.